The molecule has 1 aliphatic rings. The third-order valence-electron chi connectivity index (χ3n) is 5.28. The Morgan fingerprint density at radius 2 is 1.64 bits per heavy atom. The molecule has 3 aromatic carbocycles. The molecule has 0 saturated carbocycles. The van der Waals surface area contributed by atoms with Gasteiger partial charge in [0.1, 0.15) is 5.82 Å². The number of nitrogens with one attached hydrogen (secondary N) is 2. The number of hydrogen-bond donors (Lipinski definition) is 2. The first-order valence-electron chi connectivity index (χ1n) is 9.76. The Morgan fingerprint density at radius 1 is 0.857 bits per heavy atom. The van der Waals surface area contributed by atoms with E-state index in [1.54, 1.807) is 0 Å². The Labute approximate surface area is 164 Å². The highest BCUT2D eigenvalue weighted by Gasteiger charge is 2.22. The first-order chi connectivity index (χ1) is 13.9. The number of nitrogens with zero attached hydrogens (tertiary/aromatic N) is 2. The lowest BCUT2D eigenvalue weighted by Gasteiger charge is -2.26. The molecule has 0 spiro atoms. The van der Waals surface area contributed by atoms with Crippen molar-refractivity contribution in [2.45, 2.75) is 25.4 Å². The fourth-order valence-electron chi connectivity index (χ4n) is 3.80. The Bertz CT molecular complexity index is 1110. The number of aryl methyl sites for hydroxylation is 1. The maximum absolute atomic E-state index is 4.93. The molecule has 5 rings (SSSR count). The van der Waals surface area contributed by atoms with Crippen molar-refractivity contribution >= 4 is 22.4 Å². The fourth-order valence-corrected chi connectivity index (χ4v) is 3.80. The number of benzene rings is 3. The normalized spacial score (nSPS) is 15.6. The average molecular weight is 366 g/mol. The smallest absolute Gasteiger partial charge is 0.153 e. The topological polar surface area (TPSA) is 49.8 Å². The summed E-state index contributed by atoms with van der Waals surface area (Å²) in [6.45, 7) is 0.738. The van der Waals surface area contributed by atoms with Gasteiger partial charge < -0.3 is 10.6 Å². The molecule has 1 aromatic heterocycles. The molecule has 28 heavy (non-hydrogen) atoms. The highest BCUT2D eigenvalue weighted by Crippen LogP contribution is 2.32. The summed E-state index contributed by atoms with van der Waals surface area (Å²) in [5, 5.41) is 8.20. The molecule has 4 heteroatoms. The van der Waals surface area contributed by atoms with Crippen LogP contribution in [0.4, 0.5) is 11.5 Å². The van der Waals surface area contributed by atoms with Gasteiger partial charge in [-0.15, -0.1) is 0 Å². The van der Waals surface area contributed by atoms with Crippen LogP contribution in [0.2, 0.25) is 0 Å². The monoisotopic (exact) mass is 366 g/mol. The third-order valence-corrected chi connectivity index (χ3v) is 5.28. The lowest BCUT2D eigenvalue weighted by atomic mass is 9.97. The summed E-state index contributed by atoms with van der Waals surface area (Å²) < 4.78 is 0. The number of anilines is 2. The summed E-state index contributed by atoms with van der Waals surface area (Å²) in [4.78, 5) is 9.80. The van der Waals surface area contributed by atoms with Crippen LogP contribution in [0.5, 0.6) is 0 Å². The standard InChI is InChI=1S/C24H22N4/c1-2-8-17(9-3-1)16-25-23-19-11-5-7-13-21(19)27-24(28-23)22-15-14-18-10-4-6-12-20(18)26-22/h1-13,22,26H,14-16H2,(H,25,27,28). The van der Waals surface area contributed by atoms with E-state index in [0.717, 1.165) is 41.9 Å². The molecule has 4 nitrogen and oxygen atoms in total. The minimum Gasteiger partial charge on any atom is -0.375 e. The van der Waals surface area contributed by atoms with Crippen LogP contribution < -0.4 is 10.6 Å². The van der Waals surface area contributed by atoms with Gasteiger partial charge in [0, 0.05) is 17.6 Å². The van der Waals surface area contributed by atoms with E-state index in [-0.39, 0.29) is 6.04 Å². The molecule has 0 saturated heterocycles. The van der Waals surface area contributed by atoms with Crippen molar-refractivity contribution < 1.29 is 0 Å². The van der Waals surface area contributed by atoms with Gasteiger partial charge in [0.05, 0.1) is 11.6 Å². The van der Waals surface area contributed by atoms with Crippen LogP contribution in [-0.4, -0.2) is 9.97 Å². The number of aromatic nitrogens is 2. The van der Waals surface area contributed by atoms with Crippen LogP contribution in [0, 0.1) is 0 Å². The quantitative estimate of drug-likeness (QED) is 0.512. The van der Waals surface area contributed by atoms with Crippen molar-refractivity contribution in [3.63, 3.8) is 0 Å². The van der Waals surface area contributed by atoms with E-state index in [0.29, 0.717) is 0 Å². The van der Waals surface area contributed by atoms with Gasteiger partial charge >= 0.3 is 0 Å². The first-order valence-corrected chi connectivity index (χ1v) is 9.76. The lowest BCUT2D eigenvalue weighted by Crippen LogP contribution is -2.20. The molecular weight excluding hydrogens is 344 g/mol. The van der Waals surface area contributed by atoms with Crippen LogP contribution in [0.3, 0.4) is 0 Å². The molecule has 0 aliphatic carbocycles. The molecular formula is C24H22N4. The first kappa shape index (κ1) is 16.8. The molecule has 2 N–H and O–H groups in total. The van der Waals surface area contributed by atoms with Gasteiger partial charge in [-0.2, -0.15) is 0 Å². The summed E-state index contributed by atoms with van der Waals surface area (Å²) in [5.74, 6) is 1.74. The molecule has 4 aromatic rings. The number of hydrogen-bond acceptors (Lipinski definition) is 4. The zero-order valence-electron chi connectivity index (χ0n) is 15.6. The summed E-state index contributed by atoms with van der Waals surface area (Å²) in [6, 6.07) is 27.2. The van der Waals surface area contributed by atoms with Crippen LogP contribution >= 0.6 is 0 Å². The van der Waals surface area contributed by atoms with E-state index >= 15 is 0 Å². The second-order valence-electron chi connectivity index (χ2n) is 7.18. The second kappa shape index (κ2) is 7.31. The predicted molar refractivity (Wildman–Crippen MR) is 114 cm³/mol. The number of para-hydroxylation sites is 2. The van der Waals surface area contributed by atoms with Gasteiger partial charge in [-0.1, -0.05) is 60.7 Å². The third kappa shape index (κ3) is 3.29. The van der Waals surface area contributed by atoms with Gasteiger partial charge in [0.2, 0.25) is 0 Å². The highest BCUT2D eigenvalue weighted by atomic mass is 15.1. The van der Waals surface area contributed by atoms with E-state index in [2.05, 4.69) is 71.3 Å². The molecule has 1 atom stereocenters. The molecule has 138 valence electrons. The molecule has 1 aliphatic heterocycles. The van der Waals surface area contributed by atoms with Gasteiger partial charge in [-0.05, 0) is 42.2 Å². The zero-order valence-corrected chi connectivity index (χ0v) is 15.6. The van der Waals surface area contributed by atoms with Gasteiger partial charge in [0.25, 0.3) is 0 Å². The van der Waals surface area contributed by atoms with Crippen molar-refractivity contribution in [3.8, 4) is 0 Å². The van der Waals surface area contributed by atoms with Gasteiger partial charge in [0.15, 0.2) is 5.82 Å². The Balaban J connectivity index is 1.48. The summed E-state index contributed by atoms with van der Waals surface area (Å²) in [7, 11) is 0. The summed E-state index contributed by atoms with van der Waals surface area (Å²) in [5.41, 5.74) is 4.76. The van der Waals surface area contributed by atoms with Crippen molar-refractivity contribution in [1.29, 1.82) is 0 Å². The minimum atomic E-state index is 0.122. The van der Waals surface area contributed by atoms with E-state index in [1.165, 1.54) is 16.8 Å². The lowest BCUT2D eigenvalue weighted by molar-refractivity contribution is 0.633. The van der Waals surface area contributed by atoms with E-state index in [1.807, 2.05) is 18.2 Å². The van der Waals surface area contributed by atoms with E-state index < -0.39 is 0 Å². The molecule has 0 amide bonds. The van der Waals surface area contributed by atoms with Crippen molar-refractivity contribution in [3.05, 3.63) is 95.8 Å². The largest absolute Gasteiger partial charge is 0.375 e. The second-order valence-corrected chi connectivity index (χ2v) is 7.18. The van der Waals surface area contributed by atoms with Crippen molar-refractivity contribution in [1.82, 2.24) is 9.97 Å². The van der Waals surface area contributed by atoms with Crippen LogP contribution in [-0.2, 0) is 13.0 Å². The zero-order chi connectivity index (χ0) is 18.8. The van der Waals surface area contributed by atoms with Crippen LogP contribution in [0.15, 0.2) is 78.9 Å². The minimum absolute atomic E-state index is 0.122. The fraction of sp³-hybridized carbons (Fsp3) is 0.167. The Morgan fingerprint density at radius 3 is 2.57 bits per heavy atom. The number of fused-ring (bicyclic) bond motifs is 2. The number of rotatable bonds is 4. The highest BCUT2D eigenvalue weighted by molar-refractivity contribution is 5.89. The summed E-state index contributed by atoms with van der Waals surface area (Å²) in [6.07, 6.45) is 2.03. The van der Waals surface area contributed by atoms with Gasteiger partial charge in [-0.25, -0.2) is 9.97 Å². The van der Waals surface area contributed by atoms with E-state index in [9.17, 15) is 0 Å². The van der Waals surface area contributed by atoms with E-state index in [4.69, 9.17) is 9.97 Å². The van der Waals surface area contributed by atoms with Crippen molar-refractivity contribution in [2.24, 2.45) is 0 Å². The molecule has 1 unspecified atom stereocenters. The van der Waals surface area contributed by atoms with Crippen LogP contribution in [0.25, 0.3) is 10.9 Å². The molecule has 0 fully saturated rings. The molecule has 2 heterocycles. The SMILES string of the molecule is c1ccc(CNc2nc(C3CCc4ccccc4N3)nc3ccccc23)cc1. The molecule has 0 radical (unpaired) electrons. The Hall–Kier alpha value is -3.40. The maximum atomic E-state index is 4.93. The summed E-state index contributed by atoms with van der Waals surface area (Å²) >= 11 is 0. The maximum Gasteiger partial charge on any atom is 0.153 e. The Kier molecular flexibility index (Phi) is 4.37. The predicted octanol–water partition coefficient (Wildman–Crippen LogP) is 5.34. The van der Waals surface area contributed by atoms with Crippen molar-refractivity contribution in [2.75, 3.05) is 10.6 Å². The average Bonchev–Trinajstić information content (AvgIpc) is 2.77. The van der Waals surface area contributed by atoms with Crippen LogP contribution in [0.1, 0.15) is 29.4 Å². The van der Waals surface area contributed by atoms with Gasteiger partial charge in [-0.3, -0.25) is 0 Å². The molecule has 0 bridgehead atoms.